The fourth-order valence-electron chi connectivity index (χ4n) is 1.40. The van der Waals surface area contributed by atoms with E-state index in [1.54, 1.807) is 30.3 Å². The van der Waals surface area contributed by atoms with E-state index in [2.05, 4.69) is 0 Å². The molecule has 0 heterocycles. The Kier molecular flexibility index (Phi) is 4.73. The minimum absolute atomic E-state index is 0.540. The van der Waals surface area contributed by atoms with E-state index < -0.39 is 29.4 Å². The lowest BCUT2D eigenvalue weighted by atomic mass is 9.91. The van der Waals surface area contributed by atoms with Crippen LogP contribution >= 0.6 is 0 Å². The molecule has 0 aliphatic heterocycles. The number of carbonyl (C=O) groups is 3. The number of aliphatic hydroxyl groups is 2. The molecule has 0 spiro atoms. The average Bonchev–Trinajstić information content (AvgIpc) is 2.43. The Balaban J connectivity index is 3.05. The number of hydrogen-bond donors (Lipinski definition) is 4. The van der Waals surface area contributed by atoms with Crippen molar-refractivity contribution in [2.45, 2.75) is 11.7 Å². The van der Waals surface area contributed by atoms with Gasteiger partial charge in [-0.15, -0.1) is 0 Å². The van der Waals surface area contributed by atoms with Crippen LogP contribution in [0.1, 0.15) is 5.56 Å². The van der Waals surface area contributed by atoms with E-state index in [9.17, 15) is 24.6 Å². The number of carboxylic acids is 2. The highest BCUT2D eigenvalue weighted by atomic mass is 16.4. The molecule has 7 heteroatoms. The molecular weight excluding hydrogens is 268 g/mol. The maximum atomic E-state index is 11.7. The van der Waals surface area contributed by atoms with Crippen molar-refractivity contribution in [3.8, 4) is 0 Å². The Hall–Kier alpha value is -2.51. The molecular formula is C13H12O7. The molecule has 0 aliphatic rings. The summed E-state index contributed by atoms with van der Waals surface area (Å²) < 4.78 is 0. The van der Waals surface area contributed by atoms with Gasteiger partial charge in [-0.2, -0.15) is 0 Å². The van der Waals surface area contributed by atoms with Gasteiger partial charge in [0.05, 0.1) is 0 Å². The van der Waals surface area contributed by atoms with Gasteiger partial charge in [-0.1, -0.05) is 36.4 Å². The molecule has 1 aromatic rings. The highest BCUT2D eigenvalue weighted by molar-refractivity contribution is 6.16. The third-order valence-electron chi connectivity index (χ3n) is 2.56. The normalized spacial score (nSPS) is 15.5. The highest BCUT2D eigenvalue weighted by Gasteiger charge is 2.53. The lowest BCUT2D eigenvalue weighted by Gasteiger charge is -2.22. The van der Waals surface area contributed by atoms with Gasteiger partial charge < -0.3 is 20.4 Å². The smallest absolute Gasteiger partial charge is 0.347 e. The van der Waals surface area contributed by atoms with Crippen LogP contribution in [-0.2, 0) is 14.4 Å². The summed E-state index contributed by atoms with van der Waals surface area (Å²) >= 11 is 0. The lowest BCUT2D eigenvalue weighted by Crippen LogP contribution is -2.58. The monoisotopic (exact) mass is 280 g/mol. The Morgan fingerprint density at radius 2 is 1.65 bits per heavy atom. The summed E-state index contributed by atoms with van der Waals surface area (Å²) in [6, 6.07) is 8.27. The van der Waals surface area contributed by atoms with Gasteiger partial charge in [0.1, 0.15) is 0 Å². The van der Waals surface area contributed by atoms with Crippen molar-refractivity contribution in [2.75, 3.05) is 0 Å². The van der Waals surface area contributed by atoms with E-state index in [1.165, 1.54) is 6.08 Å². The van der Waals surface area contributed by atoms with Gasteiger partial charge in [0.25, 0.3) is 5.60 Å². The number of aliphatic hydroxyl groups excluding tert-OH is 1. The van der Waals surface area contributed by atoms with Crippen molar-refractivity contribution in [1.82, 2.24) is 0 Å². The SMILES string of the molecule is O=C(O)C(O)C(O)(C(=O)O)C(=O)/C=C/c1ccccc1. The summed E-state index contributed by atoms with van der Waals surface area (Å²) in [5.41, 5.74) is -2.89. The Labute approximate surface area is 113 Å². The van der Waals surface area contributed by atoms with Crippen LogP contribution < -0.4 is 0 Å². The Morgan fingerprint density at radius 1 is 1.10 bits per heavy atom. The van der Waals surface area contributed by atoms with E-state index in [1.807, 2.05) is 0 Å². The minimum Gasteiger partial charge on any atom is -0.479 e. The third-order valence-corrected chi connectivity index (χ3v) is 2.56. The van der Waals surface area contributed by atoms with Crippen LogP contribution in [0.4, 0.5) is 0 Å². The zero-order valence-corrected chi connectivity index (χ0v) is 10.1. The van der Waals surface area contributed by atoms with Gasteiger partial charge in [-0.05, 0) is 11.6 Å². The molecule has 0 bridgehead atoms. The Bertz CT molecular complexity index is 549. The summed E-state index contributed by atoms with van der Waals surface area (Å²) in [5, 5.41) is 36.2. The first-order valence-corrected chi connectivity index (χ1v) is 5.44. The number of rotatable bonds is 6. The fraction of sp³-hybridized carbons (Fsp3) is 0.154. The number of carbonyl (C=O) groups excluding carboxylic acids is 1. The second-order valence-electron chi connectivity index (χ2n) is 3.92. The van der Waals surface area contributed by atoms with Crippen LogP contribution in [0.5, 0.6) is 0 Å². The molecule has 106 valence electrons. The largest absolute Gasteiger partial charge is 0.479 e. The fourth-order valence-corrected chi connectivity index (χ4v) is 1.40. The molecule has 0 saturated carbocycles. The molecule has 20 heavy (non-hydrogen) atoms. The molecule has 2 unspecified atom stereocenters. The molecule has 1 aromatic carbocycles. The summed E-state index contributed by atoms with van der Waals surface area (Å²) in [6.07, 6.45) is -0.867. The molecule has 0 fully saturated rings. The number of ketones is 1. The van der Waals surface area contributed by atoms with E-state index >= 15 is 0 Å². The summed E-state index contributed by atoms with van der Waals surface area (Å²) in [5.74, 6) is -5.60. The molecule has 0 amide bonds. The summed E-state index contributed by atoms with van der Waals surface area (Å²) in [4.78, 5) is 33.2. The van der Waals surface area contributed by atoms with E-state index in [4.69, 9.17) is 10.2 Å². The quantitative estimate of drug-likeness (QED) is 0.409. The molecule has 0 aromatic heterocycles. The van der Waals surface area contributed by atoms with Crippen molar-refractivity contribution in [2.24, 2.45) is 0 Å². The number of hydrogen-bond acceptors (Lipinski definition) is 5. The second-order valence-corrected chi connectivity index (χ2v) is 3.92. The maximum Gasteiger partial charge on any atom is 0.347 e. The zero-order chi connectivity index (χ0) is 15.3. The molecule has 1 rings (SSSR count). The van der Waals surface area contributed by atoms with Crippen molar-refractivity contribution in [3.05, 3.63) is 42.0 Å². The molecule has 0 radical (unpaired) electrons. The average molecular weight is 280 g/mol. The van der Waals surface area contributed by atoms with Crippen LogP contribution in [0.15, 0.2) is 36.4 Å². The number of aliphatic carboxylic acids is 2. The van der Waals surface area contributed by atoms with E-state index in [0.29, 0.717) is 11.6 Å². The van der Waals surface area contributed by atoms with E-state index in [-0.39, 0.29) is 0 Å². The van der Waals surface area contributed by atoms with E-state index in [0.717, 1.165) is 0 Å². The van der Waals surface area contributed by atoms with Crippen molar-refractivity contribution in [3.63, 3.8) is 0 Å². The molecule has 4 N–H and O–H groups in total. The van der Waals surface area contributed by atoms with Crippen LogP contribution in [0.25, 0.3) is 6.08 Å². The highest BCUT2D eigenvalue weighted by Crippen LogP contribution is 2.15. The Morgan fingerprint density at radius 3 is 2.10 bits per heavy atom. The molecule has 0 saturated heterocycles. The van der Waals surface area contributed by atoms with Crippen LogP contribution in [0.2, 0.25) is 0 Å². The van der Waals surface area contributed by atoms with Gasteiger partial charge >= 0.3 is 11.9 Å². The number of carboxylic acid groups (broad SMARTS) is 2. The van der Waals surface area contributed by atoms with Crippen LogP contribution in [-0.4, -0.2) is 49.9 Å². The third kappa shape index (κ3) is 3.08. The molecule has 0 aliphatic carbocycles. The lowest BCUT2D eigenvalue weighted by molar-refractivity contribution is -0.184. The molecule has 7 nitrogen and oxygen atoms in total. The van der Waals surface area contributed by atoms with Gasteiger partial charge in [0, 0.05) is 0 Å². The number of benzene rings is 1. The second kappa shape index (κ2) is 6.09. The van der Waals surface area contributed by atoms with Gasteiger partial charge in [-0.25, -0.2) is 9.59 Å². The standard InChI is InChI=1S/C13H12O7/c14-9(7-6-8-4-2-1-3-5-8)13(20,12(18)19)10(15)11(16)17/h1-7,10,15,20H,(H,16,17)(H,18,19)/b7-6+. The van der Waals surface area contributed by atoms with Crippen LogP contribution in [0, 0.1) is 0 Å². The maximum absolute atomic E-state index is 11.7. The van der Waals surface area contributed by atoms with Gasteiger partial charge in [0.15, 0.2) is 6.10 Å². The first-order chi connectivity index (χ1) is 9.30. The van der Waals surface area contributed by atoms with Crippen LogP contribution in [0.3, 0.4) is 0 Å². The first kappa shape index (κ1) is 15.5. The van der Waals surface area contributed by atoms with Crippen molar-refractivity contribution in [1.29, 1.82) is 0 Å². The minimum atomic E-state index is -3.43. The van der Waals surface area contributed by atoms with Gasteiger partial charge in [0.2, 0.25) is 5.78 Å². The predicted molar refractivity (Wildman–Crippen MR) is 66.7 cm³/mol. The predicted octanol–water partition coefficient (Wildman–Crippen LogP) is -0.470. The summed E-state index contributed by atoms with van der Waals surface area (Å²) in [6.45, 7) is 0. The summed E-state index contributed by atoms with van der Waals surface area (Å²) in [7, 11) is 0. The van der Waals surface area contributed by atoms with Crippen molar-refractivity contribution < 1.29 is 34.8 Å². The van der Waals surface area contributed by atoms with Crippen molar-refractivity contribution >= 4 is 23.8 Å². The topological polar surface area (TPSA) is 132 Å². The zero-order valence-electron chi connectivity index (χ0n) is 10.1. The van der Waals surface area contributed by atoms with Gasteiger partial charge in [-0.3, -0.25) is 4.79 Å². The first-order valence-electron chi connectivity index (χ1n) is 5.44. The molecule has 2 atom stereocenters.